The molecule has 0 amide bonds. The highest BCUT2D eigenvalue weighted by Crippen LogP contribution is 2.27. The van der Waals surface area contributed by atoms with Crippen LogP contribution in [0.2, 0.25) is 0 Å². The molecule has 84 valence electrons. The highest BCUT2D eigenvalue weighted by atomic mass is 16.3. The van der Waals surface area contributed by atoms with Gasteiger partial charge in [-0.3, -0.25) is 4.79 Å². The van der Waals surface area contributed by atoms with E-state index in [-0.39, 0.29) is 11.3 Å². The molecule has 4 nitrogen and oxygen atoms in total. The third-order valence-electron chi connectivity index (χ3n) is 2.61. The third kappa shape index (κ3) is 1.62. The first-order chi connectivity index (χ1) is 7.63. The van der Waals surface area contributed by atoms with E-state index in [1.54, 1.807) is 18.2 Å². The Hall–Kier alpha value is -1.97. The summed E-state index contributed by atoms with van der Waals surface area (Å²) < 4.78 is 0. The molecule has 4 heteroatoms. The van der Waals surface area contributed by atoms with Crippen LogP contribution in [-0.4, -0.2) is 10.1 Å². The van der Waals surface area contributed by atoms with Gasteiger partial charge in [0, 0.05) is 11.1 Å². The SMILES string of the molecule is CCCc1c(O)c2cc(N)ccc2[nH]c1=O. The second-order valence-corrected chi connectivity index (χ2v) is 3.84. The predicted octanol–water partition coefficient (Wildman–Crippen LogP) is 1.77. The van der Waals surface area contributed by atoms with Gasteiger partial charge in [0.25, 0.3) is 5.56 Å². The molecule has 0 radical (unpaired) electrons. The van der Waals surface area contributed by atoms with Crippen molar-refractivity contribution in [2.24, 2.45) is 0 Å². The van der Waals surface area contributed by atoms with Crippen molar-refractivity contribution in [3.63, 3.8) is 0 Å². The fourth-order valence-electron chi connectivity index (χ4n) is 1.82. The summed E-state index contributed by atoms with van der Waals surface area (Å²) in [6, 6.07) is 5.05. The van der Waals surface area contributed by atoms with Gasteiger partial charge >= 0.3 is 0 Å². The molecule has 4 N–H and O–H groups in total. The topological polar surface area (TPSA) is 79.1 Å². The number of hydrogen-bond donors (Lipinski definition) is 3. The van der Waals surface area contributed by atoms with Crippen LogP contribution in [-0.2, 0) is 6.42 Å². The Morgan fingerprint density at radius 1 is 1.44 bits per heavy atom. The number of anilines is 1. The van der Waals surface area contributed by atoms with E-state index in [1.165, 1.54) is 0 Å². The number of nitrogen functional groups attached to an aromatic ring is 1. The number of nitrogens with two attached hydrogens (primary N) is 1. The average molecular weight is 218 g/mol. The van der Waals surface area contributed by atoms with Crippen LogP contribution in [0.5, 0.6) is 5.75 Å². The molecule has 0 fully saturated rings. The Bertz CT molecular complexity index is 587. The molecule has 0 aliphatic carbocycles. The third-order valence-corrected chi connectivity index (χ3v) is 2.61. The summed E-state index contributed by atoms with van der Waals surface area (Å²) >= 11 is 0. The minimum Gasteiger partial charge on any atom is -0.507 e. The fourth-order valence-corrected chi connectivity index (χ4v) is 1.82. The Morgan fingerprint density at radius 2 is 2.19 bits per heavy atom. The van der Waals surface area contributed by atoms with Crippen molar-refractivity contribution in [3.8, 4) is 5.75 Å². The van der Waals surface area contributed by atoms with Gasteiger partial charge in [-0.15, -0.1) is 0 Å². The molecule has 0 bridgehead atoms. The van der Waals surface area contributed by atoms with Crippen molar-refractivity contribution in [3.05, 3.63) is 34.1 Å². The zero-order chi connectivity index (χ0) is 11.7. The zero-order valence-electron chi connectivity index (χ0n) is 9.08. The molecule has 0 saturated carbocycles. The molecular formula is C12H14N2O2. The van der Waals surface area contributed by atoms with Gasteiger partial charge in [0.05, 0.1) is 11.1 Å². The fraction of sp³-hybridized carbons (Fsp3) is 0.250. The van der Waals surface area contributed by atoms with Gasteiger partial charge in [0.1, 0.15) is 5.75 Å². The van der Waals surface area contributed by atoms with Gasteiger partial charge in [-0.2, -0.15) is 0 Å². The summed E-state index contributed by atoms with van der Waals surface area (Å²) in [5.41, 5.74) is 7.03. The first-order valence-electron chi connectivity index (χ1n) is 5.27. The zero-order valence-corrected chi connectivity index (χ0v) is 9.08. The van der Waals surface area contributed by atoms with Crippen LogP contribution in [0.3, 0.4) is 0 Å². The normalized spacial score (nSPS) is 10.8. The summed E-state index contributed by atoms with van der Waals surface area (Å²) in [7, 11) is 0. The molecule has 0 unspecified atom stereocenters. The van der Waals surface area contributed by atoms with Crippen molar-refractivity contribution in [1.29, 1.82) is 0 Å². The van der Waals surface area contributed by atoms with Crippen LogP contribution < -0.4 is 11.3 Å². The number of aromatic hydroxyl groups is 1. The summed E-state index contributed by atoms with van der Waals surface area (Å²) in [5, 5.41) is 10.6. The quantitative estimate of drug-likeness (QED) is 0.672. The number of rotatable bonds is 2. The van der Waals surface area contributed by atoms with E-state index >= 15 is 0 Å². The van der Waals surface area contributed by atoms with Gasteiger partial charge in [0.15, 0.2) is 0 Å². The lowest BCUT2D eigenvalue weighted by atomic mass is 10.1. The Labute approximate surface area is 92.7 Å². The molecule has 0 atom stereocenters. The number of hydrogen-bond acceptors (Lipinski definition) is 3. The van der Waals surface area contributed by atoms with Crippen LogP contribution in [0.4, 0.5) is 5.69 Å². The van der Waals surface area contributed by atoms with Crippen LogP contribution in [0.15, 0.2) is 23.0 Å². The van der Waals surface area contributed by atoms with E-state index in [2.05, 4.69) is 4.98 Å². The van der Waals surface area contributed by atoms with Gasteiger partial charge < -0.3 is 15.8 Å². The number of H-pyrrole nitrogens is 1. The molecule has 0 saturated heterocycles. The molecule has 1 aromatic heterocycles. The van der Waals surface area contributed by atoms with Gasteiger partial charge in [0.2, 0.25) is 0 Å². The Kier molecular flexibility index (Phi) is 2.56. The maximum absolute atomic E-state index is 11.7. The predicted molar refractivity (Wildman–Crippen MR) is 64.6 cm³/mol. The van der Waals surface area contributed by atoms with E-state index in [0.717, 1.165) is 6.42 Å². The van der Waals surface area contributed by atoms with Gasteiger partial charge in [-0.1, -0.05) is 13.3 Å². The van der Waals surface area contributed by atoms with Gasteiger partial charge in [-0.25, -0.2) is 0 Å². The number of pyridine rings is 1. The highest BCUT2D eigenvalue weighted by molar-refractivity contribution is 5.88. The van der Waals surface area contributed by atoms with Crippen molar-refractivity contribution in [2.45, 2.75) is 19.8 Å². The van der Waals surface area contributed by atoms with E-state index in [0.29, 0.717) is 28.6 Å². The minimum absolute atomic E-state index is 0.0490. The van der Waals surface area contributed by atoms with Crippen molar-refractivity contribution in [1.82, 2.24) is 4.98 Å². The highest BCUT2D eigenvalue weighted by Gasteiger charge is 2.10. The van der Waals surface area contributed by atoms with Gasteiger partial charge in [-0.05, 0) is 24.6 Å². The molecule has 0 spiro atoms. The number of aromatic amines is 1. The summed E-state index contributed by atoms with van der Waals surface area (Å²) in [6.45, 7) is 1.96. The van der Waals surface area contributed by atoms with Crippen molar-refractivity contribution >= 4 is 16.6 Å². The first kappa shape index (κ1) is 10.5. The molecule has 0 aliphatic heterocycles. The molecular weight excluding hydrogens is 204 g/mol. The van der Waals surface area contributed by atoms with E-state index in [9.17, 15) is 9.90 Å². The van der Waals surface area contributed by atoms with Crippen molar-refractivity contribution < 1.29 is 5.11 Å². The van der Waals surface area contributed by atoms with Crippen LogP contribution in [0.1, 0.15) is 18.9 Å². The van der Waals surface area contributed by atoms with Crippen LogP contribution in [0, 0.1) is 0 Å². The molecule has 2 rings (SSSR count). The van der Waals surface area contributed by atoms with Crippen LogP contribution in [0.25, 0.3) is 10.9 Å². The standard InChI is InChI=1S/C12H14N2O2/c1-2-3-8-11(15)9-6-7(13)4-5-10(9)14-12(8)16/h4-6H,2-3,13H2,1H3,(H2,14,15,16). The largest absolute Gasteiger partial charge is 0.507 e. The monoisotopic (exact) mass is 218 g/mol. The van der Waals surface area contributed by atoms with Crippen molar-refractivity contribution in [2.75, 3.05) is 5.73 Å². The number of nitrogens with one attached hydrogen (secondary N) is 1. The maximum Gasteiger partial charge on any atom is 0.255 e. The maximum atomic E-state index is 11.7. The molecule has 1 heterocycles. The molecule has 0 aliphatic rings. The number of benzene rings is 1. The Balaban J connectivity index is 2.79. The van der Waals surface area contributed by atoms with E-state index in [1.807, 2.05) is 6.92 Å². The van der Waals surface area contributed by atoms with E-state index < -0.39 is 0 Å². The lowest BCUT2D eigenvalue weighted by Gasteiger charge is -2.06. The smallest absolute Gasteiger partial charge is 0.255 e. The number of fused-ring (bicyclic) bond motifs is 1. The summed E-state index contributed by atoms with van der Waals surface area (Å²) in [5.74, 6) is 0.0490. The summed E-state index contributed by atoms with van der Waals surface area (Å²) in [4.78, 5) is 14.4. The average Bonchev–Trinajstić information content (AvgIpc) is 2.26. The van der Waals surface area contributed by atoms with E-state index in [4.69, 9.17) is 5.73 Å². The first-order valence-corrected chi connectivity index (χ1v) is 5.27. The second kappa shape index (κ2) is 3.89. The second-order valence-electron chi connectivity index (χ2n) is 3.84. The summed E-state index contributed by atoms with van der Waals surface area (Å²) in [6.07, 6.45) is 1.37. The molecule has 2 aromatic rings. The van der Waals surface area contributed by atoms with Crippen LogP contribution >= 0.6 is 0 Å². The lowest BCUT2D eigenvalue weighted by Crippen LogP contribution is -2.12. The molecule has 16 heavy (non-hydrogen) atoms. The molecule has 1 aromatic carbocycles. The Morgan fingerprint density at radius 3 is 2.88 bits per heavy atom. The minimum atomic E-state index is -0.225. The number of aromatic nitrogens is 1. The lowest BCUT2D eigenvalue weighted by molar-refractivity contribution is 0.472.